The van der Waals surface area contributed by atoms with Gasteiger partial charge in [0.2, 0.25) is 5.91 Å². The molecule has 0 aromatic rings. The summed E-state index contributed by atoms with van der Waals surface area (Å²) in [5.41, 5.74) is 0. The largest absolute Gasteiger partial charge is 0.396 e. The van der Waals surface area contributed by atoms with Crippen LogP contribution in [0.1, 0.15) is 39.5 Å². The predicted octanol–water partition coefficient (Wildman–Crippen LogP) is 1.87. The summed E-state index contributed by atoms with van der Waals surface area (Å²) in [4.78, 5) is 11.8. The number of rotatable bonds is 6. The first-order valence-electron chi connectivity index (χ1n) is 6.20. The van der Waals surface area contributed by atoms with Crippen LogP contribution in [0.5, 0.6) is 0 Å². The zero-order valence-electron chi connectivity index (χ0n) is 10.3. The Morgan fingerprint density at radius 3 is 2.81 bits per heavy atom. The van der Waals surface area contributed by atoms with Crippen LogP contribution >= 0.6 is 0 Å². The fourth-order valence-corrected chi connectivity index (χ4v) is 2.08. The van der Waals surface area contributed by atoms with E-state index in [1.165, 1.54) is 0 Å². The molecule has 0 radical (unpaired) electrons. The van der Waals surface area contributed by atoms with Gasteiger partial charge in [-0.25, -0.2) is 0 Å². The van der Waals surface area contributed by atoms with Gasteiger partial charge in [-0.15, -0.1) is 0 Å². The van der Waals surface area contributed by atoms with Crippen molar-refractivity contribution in [2.75, 3.05) is 6.61 Å². The number of carbonyl (C=O) groups excluding carboxylic acids is 1. The van der Waals surface area contributed by atoms with E-state index in [4.69, 9.17) is 5.11 Å². The molecule has 2 atom stereocenters. The van der Waals surface area contributed by atoms with Crippen molar-refractivity contribution in [2.45, 2.75) is 45.6 Å². The standard InChI is InChI=1S/C13H23NO2/c1-10(2)12(7-8-15)14-13(16)9-11-5-3-4-6-11/h3,5,10-12,15H,4,6-9H2,1-2H3,(H,14,16). The molecule has 0 saturated heterocycles. The van der Waals surface area contributed by atoms with Gasteiger partial charge >= 0.3 is 0 Å². The van der Waals surface area contributed by atoms with Gasteiger partial charge in [0, 0.05) is 19.1 Å². The average Bonchev–Trinajstić information content (AvgIpc) is 2.69. The highest BCUT2D eigenvalue weighted by atomic mass is 16.3. The first-order valence-corrected chi connectivity index (χ1v) is 6.20. The predicted molar refractivity (Wildman–Crippen MR) is 65.0 cm³/mol. The highest BCUT2D eigenvalue weighted by Gasteiger charge is 2.18. The van der Waals surface area contributed by atoms with Crippen LogP contribution < -0.4 is 5.32 Å². The molecule has 0 aromatic heterocycles. The van der Waals surface area contributed by atoms with Crippen molar-refractivity contribution in [1.82, 2.24) is 5.32 Å². The third kappa shape index (κ3) is 4.35. The fraction of sp³-hybridized carbons (Fsp3) is 0.769. The molecule has 92 valence electrons. The van der Waals surface area contributed by atoms with E-state index < -0.39 is 0 Å². The van der Waals surface area contributed by atoms with Crippen LogP contribution in [0, 0.1) is 11.8 Å². The summed E-state index contributed by atoms with van der Waals surface area (Å²) < 4.78 is 0. The summed E-state index contributed by atoms with van der Waals surface area (Å²) in [7, 11) is 0. The normalized spacial score (nSPS) is 21.4. The van der Waals surface area contributed by atoms with Gasteiger partial charge in [0.25, 0.3) is 0 Å². The van der Waals surface area contributed by atoms with Crippen LogP contribution in [0.25, 0.3) is 0 Å². The van der Waals surface area contributed by atoms with E-state index in [1.807, 2.05) is 0 Å². The minimum atomic E-state index is 0.0999. The minimum Gasteiger partial charge on any atom is -0.396 e. The molecular weight excluding hydrogens is 202 g/mol. The quantitative estimate of drug-likeness (QED) is 0.678. The number of allylic oxidation sites excluding steroid dienone is 2. The maximum Gasteiger partial charge on any atom is 0.220 e. The Morgan fingerprint density at radius 1 is 1.56 bits per heavy atom. The summed E-state index contributed by atoms with van der Waals surface area (Å²) in [5, 5.41) is 11.9. The molecule has 0 fully saturated rings. The molecule has 1 aliphatic carbocycles. The van der Waals surface area contributed by atoms with Crippen LogP contribution in [0.3, 0.4) is 0 Å². The van der Waals surface area contributed by atoms with E-state index in [0.29, 0.717) is 24.7 Å². The molecule has 0 bridgehead atoms. The van der Waals surface area contributed by atoms with Gasteiger partial charge in [-0.3, -0.25) is 4.79 Å². The third-order valence-corrected chi connectivity index (χ3v) is 3.15. The second kappa shape index (κ2) is 6.69. The summed E-state index contributed by atoms with van der Waals surface area (Å²) in [6.07, 6.45) is 7.71. The van der Waals surface area contributed by atoms with E-state index in [0.717, 1.165) is 12.8 Å². The Morgan fingerprint density at radius 2 is 2.31 bits per heavy atom. The van der Waals surface area contributed by atoms with Gasteiger partial charge in [-0.2, -0.15) is 0 Å². The lowest BCUT2D eigenvalue weighted by molar-refractivity contribution is -0.122. The van der Waals surface area contributed by atoms with Gasteiger partial charge in [0.1, 0.15) is 0 Å². The molecule has 2 unspecified atom stereocenters. The Kier molecular flexibility index (Phi) is 5.53. The average molecular weight is 225 g/mol. The van der Waals surface area contributed by atoms with Crippen molar-refractivity contribution in [3.8, 4) is 0 Å². The monoisotopic (exact) mass is 225 g/mol. The second-order valence-corrected chi connectivity index (χ2v) is 4.90. The molecule has 16 heavy (non-hydrogen) atoms. The SMILES string of the molecule is CC(C)C(CCO)NC(=O)CC1C=CCC1. The number of nitrogens with one attached hydrogen (secondary N) is 1. The molecule has 1 amide bonds. The molecule has 1 rings (SSSR count). The molecule has 1 aliphatic rings. The summed E-state index contributed by atoms with van der Waals surface area (Å²) in [5.74, 6) is 0.904. The molecule has 3 nitrogen and oxygen atoms in total. The number of aliphatic hydroxyl groups excluding tert-OH is 1. The fourth-order valence-electron chi connectivity index (χ4n) is 2.08. The minimum absolute atomic E-state index is 0.0999. The number of hydrogen-bond donors (Lipinski definition) is 2. The van der Waals surface area contributed by atoms with Gasteiger partial charge in [0.05, 0.1) is 0 Å². The van der Waals surface area contributed by atoms with E-state index in [2.05, 4.69) is 31.3 Å². The maximum atomic E-state index is 11.8. The Balaban J connectivity index is 2.32. The van der Waals surface area contributed by atoms with E-state index in [1.54, 1.807) is 0 Å². The van der Waals surface area contributed by atoms with Gasteiger partial charge in [-0.05, 0) is 31.1 Å². The van der Waals surface area contributed by atoms with Crippen molar-refractivity contribution in [1.29, 1.82) is 0 Å². The summed E-state index contributed by atoms with van der Waals surface area (Å²) in [6, 6.07) is 0.0999. The lowest BCUT2D eigenvalue weighted by atomic mass is 9.99. The Labute approximate surface area is 97.9 Å². The Bertz CT molecular complexity index is 248. The first kappa shape index (κ1) is 13.2. The summed E-state index contributed by atoms with van der Waals surface area (Å²) >= 11 is 0. The topological polar surface area (TPSA) is 49.3 Å². The summed E-state index contributed by atoms with van der Waals surface area (Å²) in [6.45, 7) is 4.26. The molecule has 0 saturated carbocycles. The highest BCUT2D eigenvalue weighted by molar-refractivity contribution is 5.76. The van der Waals surface area contributed by atoms with Crippen molar-refractivity contribution in [3.63, 3.8) is 0 Å². The molecule has 0 heterocycles. The Hall–Kier alpha value is -0.830. The van der Waals surface area contributed by atoms with Crippen molar-refractivity contribution >= 4 is 5.91 Å². The lowest BCUT2D eigenvalue weighted by Gasteiger charge is -2.22. The number of aliphatic hydroxyl groups is 1. The van der Waals surface area contributed by atoms with E-state index >= 15 is 0 Å². The molecule has 3 heteroatoms. The van der Waals surface area contributed by atoms with Crippen LogP contribution in [-0.2, 0) is 4.79 Å². The maximum absolute atomic E-state index is 11.8. The molecule has 2 N–H and O–H groups in total. The zero-order chi connectivity index (χ0) is 12.0. The number of carbonyl (C=O) groups is 1. The van der Waals surface area contributed by atoms with Gasteiger partial charge in [0.15, 0.2) is 0 Å². The number of amides is 1. The van der Waals surface area contributed by atoms with Gasteiger partial charge in [-0.1, -0.05) is 26.0 Å². The van der Waals surface area contributed by atoms with Gasteiger partial charge < -0.3 is 10.4 Å². The van der Waals surface area contributed by atoms with Crippen LogP contribution in [0.15, 0.2) is 12.2 Å². The van der Waals surface area contributed by atoms with Crippen molar-refractivity contribution in [3.05, 3.63) is 12.2 Å². The smallest absolute Gasteiger partial charge is 0.220 e. The molecule has 0 spiro atoms. The highest BCUT2D eigenvalue weighted by Crippen LogP contribution is 2.20. The lowest BCUT2D eigenvalue weighted by Crippen LogP contribution is -2.39. The van der Waals surface area contributed by atoms with Crippen molar-refractivity contribution in [2.24, 2.45) is 11.8 Å². The molecule has 0 aliphatic heterocycles. The first-order chi connectivity index (χ1) is 7.63. The number of hydrogen-bond acceptors (Lipinski definition) is 2. The van der Waals surface area contributed by atoms with E-state index in [9.17, 15) is 4.79 Å². The second-order valence-electron chi connectivity index (χ2n) is 4.90. The van der Waals surface area contributed by atoms with Crippen molar-refractivity contribution < 1.29 is 9.90 Å². The van der Waals surface area contributed by atoms with Crippen LogP contribution in [0.2, 0.25) is 0 Å². The third-order valence-electron chi connectivity index (χ3n) is 3.15. The van der Waals surface area contributed by atoms with Crippen LogP contribution in [-0.4, -0.2) is 23.7 Å². The zero-order valence-corrected chi connectivity index (χ0v) is 10.3. The van der Waals surface area contributed by atoms with Crippen LogP contribution in [0.4, 0.5) is 0 Å². The molecular formula is C13H23NO2. The van der Waals surface area contributed by atoms with E-state index in [-0.39, 0.29) is 18.6 Å². The molecule has 0 aromatic carbocycles.